The maximum absolute atomic E-state index is 11.7. The van der Waals surface area contributed by atoms with Gasteiger partial charge < -0.3 is 19.8 Å². The standard InChI is InChI=1S/C27H30ClNO4.C11H21NO2S/c1-2-24(30)21-8-5-19(21)14-29-15-27(11-3-4-17-12-20(28)7-9-22(17)27)16-33-25-10-6-18(26(31)32)13-23(25)29;1-3-5-9(2)11(15(12,13)14)8-10-6-4-7-10/h2,6-7,9-10,12-13,19,21,24,30H,1,3-5,8,11,14-16H2,(H,31,32);3,9-11H,1,4-8H2,2H3,(H2,12,13,14)/t19-,21+,24-,27-;9-,11?/m00/s1. The van der Waals surface area contributed by atoms with Crippen LogP contribution in [-0.4, -0.2) is 55.7 Å². The molecule has 262 valence electrons. The number of carboxylic acid groups (broad SMARTS) is 1. The Balaban J connectivity index is 0.000000253. The molecule has 8 nitrogen and oxygen atoms in total. The molecule has 2 aromatic rings. The number of aliphatic hydroxyl groups excluding tert-OH is 1. The van der Waals surface area contributed by atoms with Gasteiger partial charge in [-0.2, -0.15) is 0 Å². The second-order valence-electron chi connectivity index (χ2n) is 14.5. The number of nitrogens with two attached hydrogens (primary N) is 1. The fraction of sp³-hybridized carbons (Fsp3) is 0.553. The molecule has 0 amide bonds. The number of rotatable bonds is 11. The molecule has 4 aliphatic rings. The van der Waals surface area contributed by atoms with Gasteiger partial charge in [-0.25, -0.2) is 18.4 Å². The van der Waals surface area contributed by atoms with Crippen molar-refractivity contribution in [1.29, 1.82) is 0 Å². The predicted octanol–water partition coefficient (Wildman–Crippen LogP) is 7.13. The van der Waals surface area contributed by atoms with Gasteiger partial charge in [-0.3, -0.25) is 0 Å². The van der Waals surface area contributed by atoms with Crippen LogP contribution >= 0.6 is 11.6 Å². The highest BCUT2D eigenvalue weighted by Crippen LogP contribution is 2.46. The third kappa shape index (κ3) is 8.12. The van der Waals surface area contributed by atoms with Crippen molar-refractivity contribution in [2.75, 3.05) is 24.6 Å². The van der Waals surface area contributed by atoms with Gasteiger partial charge in [0.1, 0.15) is 5.75 Å². The zero-order valence-electron chi connectivity index (χ0n) is 28.0. The predicted molar refractivity (Wildman–Crippen MR) is 192 cm³/mol. The van der Waals surface area contributed by atoms with Gasteiger partial charge in [-0.15, -0.1) is 13.2 Å². The van der Waals surface area contributed by atoms with Crippen molar-refractivity contribution in [2.24, 2.45) is 28.8 Å². The van der Waals surface area contributed by atoms with Crippen LogP contribution < -0.4 is 14.8 Å². The van der Waals surface area contributed by atoms with Gasteiger partial charge >= 0.3 is 5.97 Å². The molecule has 1 aliphatic heterocycles. The SMILES string of the molecule is C=CC[C@H](C)C(CC1CCC1)S(N)(=O)=O.C=C[C@H](O)[C@@H]1CC[C@H]1CN1C[C@@]2(CCCc3cc(Cl)ccc32)COc2ccc(C(=O)O)cc21. The number of sulfonamides is 1. The smallest absolute Gasteiger partial charge is 0.335 e. The number of fused-ring (bicyclic) bond motifs is 3. The van der Waals surface area contributed by atoms with E-state index in [4.69, 9.17) is 21.5 Å². The number of carbonyl (C=O) groups is 1. The molecule has 4 N–H and O–H groups in total. The number of halogens is 1. The molecule has 6 atom stereocenters. The van der Waals surface area contributed by atoms with E-state index in [9.17, 15) is 23.4 Å². The van der Waals surface area contributed by atoms with Gasteiger partial charge in [-0.05, 0) is 110 Å². The average molecular weight is 699 g/mol. The number of carboxylic acids is 1. The van der Waals surface area contributed by atoms with Crippen molar-refractivity contribution in [3.8, 4) is 5.75 Å². The quantitative estimate of drug-likeness (QED) is 0.213. The van der Waals surface area contributed by atoms with Crippen molar-refractivity contribution in [2.45, 2.75) is 87.9 Å². The minimum Gasteiger partial charge on any atom is -0.490 e. The van der Waals surface area contributed by atoms with Crippen molar-refractivity contribution in [3.63, 3.8) is 0 Å². The highest BCUT2D eigenvalue weighted by atomic mass is 35.5. The van der Waals surface area contributed by atoms with Gasteiger partial charge in [0.25, 0.3) is 0 Å². The number of ether oxygens (including phenoxy) is 1. The summed E-state index contributed by atoms with van der Waals surface area (Å²) in [7, 11) is -3.41. The number of aliphatic hydroxyl groups is 1. The highest BCUT2D eigenvalue weighted by molar-refractivity contribution is 7.89. The molecule has 2 fully saturated rings. The fourth-order valence-corrected chi connectivity index (χ4v) is 9.63. The molecule has 10 heteroatoms. The molecule has 3 aliphatic carbocycles. The lowest BCUT2D eigenvalue weighted by Gasteiger charge is -2.45. The largest absolute Gasteiger partial charge is 0.490 e. The van der Waals surface area contributed by atoms with Crippen LogP contribution in [0.4, 0.5) is 5.69 Å². The number of hydrogen-bond donors (Lipinski definition) is 3. The number of primary sulfonamides is 1. The van der Waals surface area contributed by atoms with Crippen LogP contribution in [0.3, 0.4) is 0 Å². The van der Waals surface area contributed by atoms with E-state index in [1.165, 1.54) is 17.5 Å². The second kappa shape index (κ2) is 15.4. The van der Waals surface area contributed by atoms with Crippen LogP contribution in [0.1, 0.15) is 86.2 Å². The van der Waals surface area contributed by atoms with Crippen LogP contribution in [-0.2, 0) is 21.9 Å². The maximum Gasteiger partial charge on any atom is 0.335 e. The van der Waals surface area contributed by atoms with E-state index < -0.39 is 22.1 Å². The second-order valence-corrected chi connectivity index (χ2v) is 16.7. The van der Waals surface area contributed by atoms with Gasteiger partial charge in [0.05, 0.1) is 29.2 Å². The van der Waals surface area contributed by atoms with E-state index in [2.05, 4.69) is 30.2 Å². The molecule has 6 rings (SSSR count). The minimum atomic E-state index is -3.41. The van der Waals surface area contributed by atoms with Crippen molar-refractivity contribution < 1.29 is 28.2 Å². The van der Waals surface area contributed by atoms with Gasteiger partial charge in [0.2, 0.25) is 10.0 Å². The molecule has 0 bridgehead atoms. The first kappa shape index (κ1) is 36.4. The summed E-state index contributed by atoms with van der Waals surface area (Å²) in [6.07, 6.45) is 13.0. The lowest BCUT2D eigenvalue weighted by Crippen LogP contribution is -2.49. The van der Waals surface area contributed by atoms with Crippen LogP contribution in [0.5, 0.6) is 5.75 Å². The van der Waals surface area contributed by atoms with Crippen molar-refractivity contribution >= 4 is 33.3 Å². The zero-order chi connectivity index (χ0) is 34.6. The summed E-state index contributed by atoms with van der Waals surface area (Å²) < 4.78 is 29.3. The van der Waals surface area contributed by atoms with Gasteiger partial charge in [0.15, 0.2) is 0 Å². The molecule has 48 heavy (non-hydrogen) atoms. The number of aromatic carboxylic acids is 1. The van der Waals surface area contributed by atoms with Gasteiger partial charge in [0, 0.05) is 23.5 Å². The van der Waals surface area contributed by atoms with E-state index in [1.54, 1.807) is 30.4 Å². The molecule has 0 radical (unpaired) electrons. The molecule has 1 unspecified atom stereocenters. The molecule has 1 spiro atoms. The van der Waals surface area contributed by atoms with Crippen LogP contribution in [0, 0.1) is 23.7 Å². The fourth-order valence-electron chi connectivity index (χ4n) is 8.14. The van der Waals surface area contributed by atoms with E-state index in [0.29, 0.717) is 24.9 Å². The zero-order valence-corrected chi connectivity index (χ0v) is 29.6. The monoisotopic (exact) mass is 698 g/mol. The molecular formula is C38H51ClN2O6S. The number of anilines is 1. The Kier molecular flexibility index (Phi) is 11.7. The number of allylic oxidation sites excluding steroid dienone is 1. The first-order chi connectivity index (χ1) is 22.8. The maximum atomic E-state index is 11.7. The van der Waals surface area contributed by atoms with Crippen LogP contribution in [0.2, 0.25) is 5.02 Å². The molecule has 0 saturated heterocycles. The summed E-state index contributed by atoms with van der Waals surface area (Å²) in [6.45, 7) is 11.4. The van der Waals surface area contributed by atoms with Gasteiger partial charge in [-0.1, -0.05) is 56.0 Å². The Labute approximate surface area is 291 Å². The van der Waals surface area contributed by atoms with E-state index in [1.807, 2.05) is 13.0 Å². The van der Waals surface area contributed by atoms with Crippen LogP contribution in [0.25, 0.3) is 0 Å². The summed E-state index contributed by atoms with van der Waals surface area (Å²) in [4.78, 5) is 14.0. The number of benzene rings is 2. The topological polar surface area (TPSA) is 130 Å². The van der Waals surface area contributed by atoms with E-state index in [-0.39, 0.29) is 28.1 Å². The normalized spacial score (nSPS) is 25.3. The minimum absolute atomic E-state index is 0.0816. The Hall–Kier alpha value is -2.85. The number of hydrogen-bond acceptors (Lipinski definition) is 6. The lowest BCUT2D eigenvalue weighted by molar-refractivity contribution is 0.0460. The molecule has 2 aromatic carbocycles. The number of aryl methyl sites for hydroxylation is 1. The highest BCUT2D eigenvalue weighted by Gasteiger charge is 2.44. The lowest BCUT2D eigenvalue weighted by atomic mass is 9.68. The average Bonchev–Trinajstić information content (AvgIpc) is 3.15. The number of nitrogens with zero attached hydrogens (tertiary/aromatic N) is 1. The first-order valence-electron chi connectivity index (χ1n) is 17.3. The summed E-state index contributed by atoms with van der Waals surface area (Å²) in [5, 5.41) is 25.6. The third-order valence-corrected chi connectivity index (χ3v) is 13.0. The Morgan fingerprint density at radius 3 is 2.54 bits per heavy atom. The summed E-state index contributed by atoms with van der Waals surface area (Å²) in [6, 6.07) is 11.3. The molecule has 1 heterocycles. The van der Waals surface area contributed by atoms with Crippen molar-refractivity contribution in [3.05, 3.63) is 83.4 Å². The summed E-state index contributed by atoms with van der Waals surface area (Å²) in [5.41, 5.74) is 3.44. The van der Waals surface area contributed by atoms with Crippen molar-refractivity contribution in [1.82, 2.24) is 0 Å². The molecule has 2 saturated carbocycles. The van der Waals surface area contributed by atoms with E-state index >= 15 is 0 Å². The molecule has 0 aromatic heterocycles. The Morgan fingerprint density at radius 1 is 1.17 bits per heavy atom. The summed E-state index contributed by atoms with van der Waals surface area (Å²) in [5.74, 6) is 0.934. The summed E-state index contributed by atoms with van der Waals surface area (Å²) >= 11 is 6.31. The van der Waals surface area contributed by atoms with E-state index in [0.717, 1.165) is 80.9 Å². The molecular weight excluding hydrogens is 648 g/mol. The van der Waals surface area contributed by atoms with Crippen LogP contribution in [0.15, 0.2) is 61.7 Å². The Bertz CT molecular complexity index is 1590. The first-order valence-corrected chi connectivity index (χ1v) is 19.3. The third-order valence-electron chi connectivity index (χ3n) is 11.3. The Morgan fingerprint density at radius 2 is 1.94 bits per heavy atom.